The minimum absolute atomic E-state index is 0.281. The van der Waals surface area contributed by atoms with Crippen LogP contribution in [0.1, 0.15) is 45.1 Å². The van der Waals surface area contributed by atoms with Crippen molar-refractivity contribution in [3.63, 3.8) is 0 Å². The van der Waals surface area contributed by atoms with Crippen LogP contribution in [0.5, 0.6) is 5.75 Å². The van der Waals surface area contributed by atoms with Gasteiger partial charge in [-0.25, -0.2) is 4.39 Å². The number of rotatable bonds is 7. The quantitative estimate of drug-likeness (QED) is 0.771. The highest BCUT2D eigenvalue weighted by Crippen LogP contribution is 2.21. The van der Waals surface area contributed by atoms with Crippen molar-refractivity contribution in [3.05, 3.63) is 29.6 Å². The topological polar surface area (TPSA) is 35.2 Å². The second-order valence-electron chi connectivity index (χ2n) is 4.88. The standard InChI is InChI=1S/C17H24FNO/c1-3-5-7-14(4-2)13-20-17-12-15(8-6-11-19)9-10-16(17)18/h9-10,12,14H,3-5,7,11,13,19H2,1-2H3. The van der Waals surface area contributed by atoms with Crippen LogP contribution in [0.15, 0.2) is 18.2 Å². The Bertz CT molecular complexity index is 462. The van der Waals surface area contributed by atoms with Crippen molar-refractivity contribution in [1.82, 2.24) is 0 Å². The Balaban J connectivity index is 2.65. The maximum atomic E-state index is 13.7. The maximum absolute atomic E-state index is 13.7. The van der Waals surface area contributed by atoms with Gasteiger partial charge in [-0.05, 0) is 30.5 Å². The van der Waals surface area contributed by atoms with Crippen LogP contribution in [-0.2, 0) is 0 Å². The minimum atomic E-state index is -0.339. The van der Waals surface area contributed by atoms with Crippen LogP contribution in [0.25, 0.3) is 0 Å². The first-order valence-electron chi connectivity index (χ1n) is 7.32. The van der Waals surface area contributed by atoms with E-state index in [4.69, 9.17) is 10.5 Å². The summed E-state index contributed by atoms with van der Waals surface area (Å²) in [6.45, 7) is 5.17. The summed E-state index contributed by atoms with van der Waals surface area (Å²) in [5.41, 5.74) is 6.06. The third kappa shape index (κ3) is 5.63. The van der Waals surface area contributed by atoms with Gasteiger partial charge < -0.3 is 10.5 Å². The number of unbranched alkanes of at least 4 members (excludes halogenated alkanes) is 1. The molecule has 0 bridgehead atoms. The number of hydrogen-bond donors (Lipinski definition) is 1. The van der Waals surface area contributed by atoms with Crippen molar-refractivity contribution in [2.24, 2.45) is 11.7 Å². The highest BCUT2D eigenvalue weighted by Gasteiger charge is 2.09. The summed E-state index contributed by atoms with van der Waals surface area (Å²) in [6.07, 6.45) is 4.54. The first-order valence-corrected chi connectivity index (χ1v) is 7.32. The first kappa shape index (κ1) is 16.5. The van der Waals surface area contributed by atoms with Gasteiger partial charge >= 0.3 is 0 Å². The molecule has 0 radical (unpaired) electrons. The molecule has 20 heavy (non-hydrogen) atoms. The Morgan fingerprint density at radius 1 is 1.35 bits per heavy atom. The Hall–Kier alpha value is -1.53. The molecule has 2 nitrogen and oxygen atoms in total. The lowest BCUT2D eigenvalue weighted by atomic mass is 10.0. The lowest BCUT2D eigenvalue weighted by Crippen LogP contribution is -2.12. The van der Waals surface area contributed by atoms with Gasteiger partial charge in [-0.3, -0.25) is 0 Å². The van der Waals surface area contributed by atoms with Gasteiger partial charge in [0.15, 0.2) is 11.6 Å². The van der Waals surface area contributed by atoms with Gasteiger partial charge in [-0.15, -0.1) is 0 Å². The number of benzene rings is 1. The smallest absolute Gasteiger partial charge is 0.165 e. The van der Waals surface area contributed by atoms with E-state index in [-0.39, 0.29) is 11.6 Å². The highest BCUT2D eigenvalue weighted by atomic mass is 19.1. The summed E-state index contributed by atoms with van der Waals surface area (Å²) in [5, 5.41) is 0. The predicted molar refractivity (Wildman–Crippen MR) is 81.1 cm³/mol. The lowest BCUT2D eigenvalue weighted by Gasteiger charge is -2.16. The van der Waals surface area contributed by atoms with Crippen LogP contribution in [0.4, 0.5) is 4.39 Å². The fourth-order valence-electron chi connectivity index (χ4n) is 1.95. The monoisotopic (exact) mass is 277 g/mol. The van der Waals surface area contributed by atoms with Gasteiger partial charge in [-0.1, -0.05) is 45.0 Å². The molecular formula is C17H24FNO. The van der Waals surface area contributed by atoms with Crippen LogP contribution in [0.2, 0.25) is 0 Å². The van der Waals surface area contributed by atoms with E-state index in [1.807, 2.05) is 0 Å². The van der Waals surface area contributed by atoms with Gasteiger partial charge in [0, 0.05) is 5.56 Å². The molecule has 0 saturated heterocycles. The fraction of sp³-hybridized carbons (Fsp3) is 0.529. The van der Waals surface area contributed by atoms with Crippen molar-refractivity contribution < 1.29 is 9.13 Å². The van der Waals surface area contributed by atoms with Crippen molar-refractivity contribution >= 4 is 0 Å². The second kappa shape index (κ2) is 9.39. The third-order valence-corrected chi connectivity index (χ3v) is 3.28. The van der Waals surface area contributed by atoms with E-state index in [0.717, 1.165) is 18.4 Å². The molecule has 1 aromatic rings. The fourth-order valence-corrected chi connectivity index (χ4v) is 1.95. The van der Waals surface area contributed by atoms with Gasteiger partial charge in [-0.2, -0.15) is 0 Å². The van der Waals surface area contributed by atoms with Crippen molar-refractivity contribution in [3.8, 4) is 17.6 Å². The molecule has 1 rings (SSSR count). The minimum Gasteiger partial charge on any atom is -0.490 e. The molecule has 0 heterocycles. The average molecular weight is 277 g/mol. The number of ether oxygens (including phenoxy) is 1. The molecular weight excluding hydrogens is 253 g/mol. The highest BCUT2D eigenvalue weighted by molar-refractivity contribution is 5.40. The average Bonchev–Trinajstić information content (AvgIpc) is 2.47. The summed E-state index contributed by atoms with van der Waals surface area (Å²) < 4.78 is 19.3. The molecule has 1 unspecified atom stereocenters. The van der Waals surface area contributed by atoms with Crippen molar-refractivity contribution in [2.45, 2.75) is 39.5 Å². The van der Waals surface area contributed by atoms with Crippen molar-refractivity contribution in [2.75, 3.05) is 13.2 Å². The first-order chi connectivity index (χ1) is 9.71. The lowest BCUT2D eigenvalue weighted by molar-refractivity contribution is 0.225. The van der Waals surface area contributed by atoms with Crippen LogP contribution in [0.3, 0.4) is 0 Å². The zero-order chi connectivity index (χ0) is 14.8. The summed E-state index contributed by atoms with van der Waals surface area (Å²) in [5.74, 6) is 6.06. The van der Waals surface area contributed by atoms with E-state index >= 15 is 0 Å². The molecule has 1 atom stereocenters. The largest absolute Gasteiger partial charge is 0.490 e. The van der Waals surface area contributed by atoms with Crippen LogP contribution in [-0.4, -0.2) is 13.2 Å². The van der Waals surface area contributed by atoms with E-state index in [9.17, 15) is 4.39 Å². The number of halogens is 1. The molecule has 110 valence electrons. The van der Waals surface area contributed by atoms with E-state index in [1.54, 1.807) is 12.1 Å². The Morgan fingerprint density at radius 2 is 2.15 bits per heavy atom. The van der Waals surface area contributed by atoms with Gasteiger partial charge in [0.2, 0.25) is 0 Å². The SMILES string of the molecule is CCCCC(CC)COc1cc(C#CCN)ccc1F. The molecule has 0 saturated carbocycles. The van der Waals surface area contributed by atoms with E-state index in [1.165, 1.54) is 18.9 Å². The zero-order valence-corrected chi connectivity index (χ0v) is 12.4. The molecule has 0 fully saturated rings. The number of hydrogen-bond acceptors (Lipinski definition) is 2. The Kier molecular flexibility index (Phi) is 7.75. The molecule has 0 aliphatic heterocycles. The van der Waals surface area contributed by atoms with Gasteiger partial charge in [0.05, 0.1) is 13.2 Å². The normalized spacial score (nSPS) is 11.6. The Labute approximate surface area is 121 Å². The van der Waals surface area contributed by atoms with Gasteiger partial charge in [0.25, 0.3) is 0 Å². The molecule has 0 amide bonds. The van der Waals surface area contributed by atoms with Crippen molar-refractivity contribution in [1.29, 1.82) is 0 Å². The molecule has 0 spiro atoms. The summed E-state index contributed by atoms with van der Waals surface area (Å²) in [4.78, 5) is 0. The molecule has 2 N–H and O–H groups in total. The van der Waals surface area contributed by atoms with E-state index in [2.05, 4.69) is 25.7 Å². The molecule has 1 aromatic carbocycles. The second-order valence-corrected chi connectivity index (χ2v) is 4.88. The maximum Gasteiger partial charge on any atom is 0.165 e. The van der Waals surface area contributed by atoms with Crippen LogP contribution >= 0.6 is 0 Å². The summed E-state index contributed by atoms with van der Waals surface area (Å²) >= 11 is 0. The third-order valence-electron chi connectivity index (χ3n) is 3.28. The van der Waals surface area contributed by atoms with E-state index < -0.39 is 0 Å². The molecule has 0 aliphatic carbocycles. The van der Waals surface area contributed by atoms with Crippen LogP contribution < -0.4 is 10.5 Å². The zero-order valence-electron chi connectivity index (χ0n) is 12.4. The molecule has 0 aromatic heterocycles. The van der Waals surface area contributed by atoms with Gasteiger partial charge in [0.1, 0.15) is 0 Å². The summed E-state index contributed by atoms with van der Waals surface area (Å²) in [7, 11) is 0. The predicted octanol–water partition coefficient (Wildman–Crippen LogP) is 3.73. The van der Waals surface area contributed by atoms with Crippen LogP contribution in [0, 0.1) is 23.6 Å². The Morgan fingerprint density at radius 3 is 2.80 bits per heavy atom. The van der Waals surface area contributed by atoms with E-state index in [0.29, 0.717) is 19.1 Å². The summed E-state index contributed by atoms with van der Waals surface area (Å²) in [6, 6.07) is 4.67. The molecule has 0 aliphatic rings. The number of nitrogens with two attached hydrogens (primary N) is 1. The molecule has 3 heteroatoms.